The van der Waals surface area contributed by atoms with E-state index in [9.17, 15) is 13.2 Å². The van der Waals surface area contributed by atoms with E-state index in [0.29, 0.717) is 5.69 Å². The van der Waals surface area contributed by atoms with Crippen molar-refractivity contribution in [1.82, 2.24) is 5.32 Å². The predicted molar refractivity (Wildman–Crippen MR) is 70.5 cm³/mol. The molecule has 8 heteroatoms. The van der Waals surface area contributed by atoms with Gasteiger partial charge < -0.3 is 10.6 Å². The maximum absolute atomic E-state index is 11.4. The minimum Gasteiger partial charge on any atom is -0.336 e. The molecule has 0 saturated heterocycles. The molecule has 0 atom stereocenters. The van der Waals surface area contributed by atoms with Crippen LogP contribution in [0.5, 0.6) is 0 Å². The van der Waals surface area contributed by atoms with E-state index in [-0.39, 0.29) is 17.8 Å². The monoisotopic (exact) mass is 272 g/mol. The molecule has 0 unspecified atom stereocenters. The van der Waals surface area contributed by atoms with Gasteiger partial charge in [-0.1, -0.05) is 6.07 Å². The number of carbonyl (C=O) groups excluding carboxylic acids is 1. The molecule has 5 N–H and O–H groups in total. The van der Waals surface area contributed by atoms with Crippen molar-refractivity contribution in [3.05, 3.63) is 24.3 Å². The number of nitrogens with one attached hydrogen (secondary N) is 3. The molecule has 0 heterocycles. The van der Waals surface area contributed by atoms with Crippen LogP contribution in [0.25, 0.3) is 0 Å². The molecule has 0 aromatic heterocycles. The third-order valence-corrected chi connectivity index (χ3v) is 2.32. The third kappa shape index (κ3) is 5.51. The van der Waals surface area contributed by atoms with Crippen molar-refractivity contribution in [2.75, 3.05) is 10.0 Å². The van der Waals surface area contributed by atoms with Crippen molar-refractivity contribution in [3.63, 3.8) is 0 Å². The molecule has 0 radical (unpaired) electrons. The molecule has 0 fully saturated rings. The summed E-state index contributed by atoms with van der Waals surface area (Å²) in [5.74, 6) is 0. The quantitative estimate of drug-likeness (QED) is 0.651. The average Bonchev–Trinajstić information content (AvgIpc) is 2.13. The predicted octanol–water partition coefficient (Wildman–Crippen LogP) is 0.832. The van der Waals surface area contributed by atoms with Gasteiger partial charge in [-0.05, 0) is 32.0 Å². The lowest BCUT2D eigenvalue weighted by molar-refractivity contribution is 0.250. The van der Waals surface area contributed by atoms with Crippen molar-refractivity contribution in [2.45, 2.75) is 19.9 Å². The minimum absolute atomic E-state index is 0.00993. The van der Waals surface area contributed by atoms with E-state index < -0.39 is 10.2 Å². The number of anilines is 2. The molecule has 2 amide bonds. The summed E-state index contributed by atoms with van der Waals surface area (Å²) in [4.78, 5) is 11.4. The maximum atomic E-state index is 11.4. The number of hydrogen-bond donors (Lipinski definition) is 4. The van der Waals surface area contributed by atoms with Crippen LogP contribution in [0.2, 0.25) is 0 Å². The highest BCUT2D eigenvalue weighted by atomic mass is 32.2. The van der Waals surface area contributed by atoms with E-state index in [0.717, 1.165) is 0 Å². The van der Waals surface area contributed by atoms with E-state index in [1.54, 1.807) is 12.1 Å². The van der Waals surface area contributed by atoms with Gasteiger partial charge in [0.15, 0.2) is 0 Å². The molecule has 1 rings (SSSR count). The normalized spacial score (nSPS) is 11.1. The van der Waals surface area contributed by atoms with Crippen LogP contribution < -0.4 is 20.5 Å². The molecule has 100 valence electrons. The van der Waals surface area contributed by atoms with Crippen molar-refractivity contribution < 1.29 is 13.2 Å². The van der Waals surface area contributed by atoms with Crippen LogP contribution in [0.3, 0.4) is 0 Å². The van der Waals surface area contributed by atoms with Crippen molar-refractivity contribution in [1.29, 1.82) is 0 Å². The Morgan fingerprint density at radius 3 is 2.44 bits per heavy atom. The zero-order chi connectivity index (χ0) is 13.8. The summed E-state index contributed by atoms with van der Waals surface area (Å²) >= 11 is 0. The molecule has 7 nitrogen and oxygen atoms in total. The summed E-state index contributed by atoms with van der Waals surface area (Å²) < 4.78 is 23.8. The highest BCUT2D eigenvalue weighted by Gasteiger charge is 2.06. The Morgan fingerprint density at radius 2 is 1.89 bits per heavy atom. The fourth-order valence-corrected chi connectivity index (χ4v) is 1.71. The van der Waals surface area contributed by atoms with Crippen LogP contribution in [0, 0.1) is 0 Å². The summed E-state index contributed by atoms with van der Waals surface area (Å²) in [6.07, 6.45) is 0. The van der Waals surface area contributed by atoms with Gasteiger partial charge >= 0.3 is 6.03 Å². The number of hydrogen-bond acceptors (Lipinski definition) is 3. The van der Waals surface area contributed by atoms with Crippen molar-refractivity contribution >= 4 is 27.6 Å². The molecular weight excluding hydrogens is 256 g/mol. The largest absolute Gasteiger partial charge is 0.336 e. The minimum atomic E-state index is -3.82. The van der Waals surface area contributed by atoms with E-state index in [1.807, 2.05) is 13.8 Å². The Kier molecular flexibility index (Phi) is 4.51. The molecule has 0 aliphatic carbocycles. The Labute approximate surface area is 106 Å². The third-order valence-electron chi connectivity index (χ3n) is 1.80. The van der Waals surface area contributed by atoms with Gasteiger partial charge in [0.1, 0.15) is 0 Å². The highest BCUT2D eigenvalue weighted by molar-refractivity contribution is 7.90. The maximum Gasteiger partial charge on any atom is 0.319 e. The second kappa shape index (κ2) is 5.69. The number of benzene rings is 1. The van der Waals surface area contributed by atoms with Crippen LogP contribution in [-0.2, 0) is 10.2 Å². The highest BCUT2D eigenvalue weighted by Crippen LogP contribution is 2.15. The first-order valence-corrected chi connectivity index (χ1v) is 6.79. The molecule has 0 aliphatic rings. The standard InChI is InChI=1S/C10H16N4O3S/c1-7(2)12-10(15)13-8-4-3-5-9(6-8)14-18(11,16)17/h3-7,14H,1-2H3,(H2,11,16,17)(H2,12,13,15). The Balaban J connectivity index is 2.74. The van der Waals surface area contributed by atoms with Gasteiger partial charge in [0.25, 0.3) is 10.2 Å². The van der Waals surface area contributed by atoms with Crippen molar-refractivity contribution in [3.8, 4) is 0 Å². The molecule has 1 aromatic carbocycles. The van der Waals surface area contributed by atoms with Crippen LogP contribution in [0.15, 0.2) is 24.3 Å². The van der Waals surface area contributed by atoms with Gasteiger partial charge in [-0.3, -0.25) is 4.72 Å². The van der Waals surface area contributed by atoms with Gasteiger partial charge in [-0.25, -0.2) is 9.93 Å². The van der Waals surface area contributed by atoms with Crippen LogP contribution in [0.1, 0.15) is 13.8 Å². The molecule has 18 heavy (non-hydrogen) atoms. The fraction of sp³-hybridized carbons (Fsp3) is 0.300. The first kappa shape index (κ1) is 14.3. The van der Waals surface area contributed by atoms with Crippen LogP contribution in [-0.4, -0.2) is 20.5 Å². The molecule has 0 saturated carbocycles. The Bertz CT molecular complexity index is 528. The second-order valence-corrected chi connectivity index (χ2v) is 5.28. The van der Waals surface area contributed by atoms with E-state index >= 15 is 0 Å². The van der Waals surface area contributed by atoms with E-state index in [4.69, 9.17) is 5.14 Å². The zero-order valence-corrected chi connectivity index (χ0v) is 10.9. The first-order valence-electron chi connectivity index (χ1n) is 5.24. The Hall–Kier alpha value is -1.80. The molecule has 1 aromatic rings. The van der Waals surface area contributed by atoms with Crippen LogP contribution >= 0.6 is 0 Å². The number of rotatable bonds is 4. The number of nitrogens with two attached hydrogens (primary N) is 1. The summed E-state index contributed by atoms with van der Waals surface area (Å²) in [6, 6.07) is 5.86. The lowest BCUT2D eigenvalue weighted by atomic mass is 10.3. The number of urea groups is 1. The van der Waals surface area contributed by atoms with Gasteiger partial charge in [-0.2, -0.15) is 8.42 Å². The number of amides is 2. The summed E-state index contributed by atoms with van der Waals surface area (Å²) in [6.45, 7) is 3.66. The lowest BCUT2D eigenvalue weighted by Gasteiger charge is -2.11. The summed E-state index contributed by atoms with van der Waals surface area (Å²) in [5.41, 5.74) is 0.738. The SMILES string of the molecule is CC(C)NC(=O)Nc1cccc(NS(N)(=O)=O)c1. The van der Waals surface area contributed by atoms with Gasteiger partial charge in [0.2, 0.25) is 0 Å². The topological polar surface area (TPSA) is 113 Å². The fourth-order valence-electron chi connectivity index (χ4n) is 1.25. The van der Waals surface area contributed by atoms with Crippen molar-refractivity contribution in [2.24, 2.45) is 5.14 Å². The smallest absolute Gasteiger partial charge is 0.319 e. The molecular formula is C10H16N4O3S. The summed E-state index contributed by atoms with van der Waals surface area (Å²) in [5, 5.41) is 10.1. The van der Waals surface area contributed by atoms with E-state index in [1.165, 1.54) is 12.1 Å². The van der Waals surface area contributed by atoms with E-state index in [2.05, 4.69) is 15.4 Å². The number of carbonyl (C=O) groups is 1. The van der Waals surface area contributed by atoms with Crippen LogP contribution in [0.4, 0.5) is 16.2 Å². The first-order chi connectivity index (χ1) is 8.26. The molecule has 0 spiro atoms. The average molecular weight is 272 g/mol. The summed E-state index contributed by atoms with van der Waals surface area (Å²) in [7, 11) is -3.82. The molecule has 0 aliphatic heterocycles. The lowest BCUT2D eigenvalue weighted by Crippen LogP contribution is -2.34. The van der Waals surface area contributed by atoms with Gasteiger partial charge in [-0.15, -0.1) is 0 Å². The Morgan fingerprint density at radius 1 is 1.28 bits per heavy atom. The zero-order valence-electron chi connectivity index (χ0n) is 10.1. The molecule has 0 bridgehead atoms. The van der Waals surface area contributed by atoms with Gasteiger partial charge in [0.05, 0.1) is 5.69 Å². The van der Waals surface area contributed by atoms with Gasteiger partial charge in [0, 0.05) is 11.7 Å². The second-order valence-electron chi connectivity index (χ2n) is 3.98.